The average Bonchev–Trinajstić information content (AvgIpc) is 2.59. The maximum absolute atomic E-state index is 12.2. The van der Waals surface area contributed by atoms with Crippen LogP contribution in [0.4, 0.5) is 0 Å². The molecule has 1 amide bonds. The Balaban J connectivity index is 2.08. The van der Waals surface area contributed by atoms with Crippen LogP contribution in [0.3, 0.4) is 0 Å². The maximum atomic E-state index is 12.2. The molecule has 0 aliphatic heterocycles. The molecule has 0 bridgehead atoms. The van der Waals surface area contributed by atoms with Crippen molar-refractivity contribution in [2.45, 2.75) is 13.5 Å². The highest BCUT2D eigenvalue weighted by Crippen LogP contribution is 2.17. The molecule has 0 aliphatic carbocycles. The Morgan fingerprint density at radius 3 is 2.64 bits per heavy atom. The van der Waals surface area contributed by atoms with Crippen LogP contribution in [0.15, 0.2) is 42.6 Å². The SMILES string of the molecule is CCOC(=O)CNC(=O)c1c(OCc2ccc(Cl)cc2)ccc[n+]1[O-]. The van der Waals surface area contributed by atoms with Gasteiger partial charge in [0.25, 0.3) is 0 Å². The number of halogens is 1. The summed E-state index contributed by atoms with van der Waals surface area (Å²) in [5, 5.41) is 14.9. The minimum absolute atomic E-state index is 0.105. The van der Waals surface area contributed by atoms with E-state index in [1.165, 1.54) is 18.3 Å². The lowest BCUT2D eigenvalue weighted by molar-refractivity contribution is -0.608. The molecule has 0 spiro atoms. The van der Waals surface area contributed by atoms with E-state index in [1.54, 1.807) is 31.2 Å². The minimum Gasteiger partial charge on any atom is -0.618 e. The molecule has 1 aromatic heterocycles. The molecule has 25 heavy (non-hydrogen) atoms. The quantitative estimate of drug-likeness (QED) is 0.460. The van der Waals surface area contributed by atoms with Gasteiger partial charge >= 0.3 is 17.6 Å². The molecular weight excluding hydrogens is 348 g/mol. The number of esters is 1. The van der Waals surface area contributed by atoms with Crippen molar-refractivity contribution in [3.8, 4) is 5.75 Å². The number of nitrogens with zero attached hydrogens (tertiary/aromatic N) is 1. The monoisotopic (exact) mass is 364 g/mol. The number of benzene rings is 1. The Morgan fingerprint density at radius 1 is 1.24 bits per heavy atom. The number of rotatable bonds is 7. The lowest BCUT2D eigenvalue weighted by Gasteiger charge is -2.11. The van der Waals surface area contributed by atoms with Crippen LogP contribution in [0.25, 0.3) is 0 Å². The second-order valence-electron chi connectivity index (χ2n) is 4.95. The number of pyridine rings is 1. The molecule has 1 aromatic carbocycles. The molecule has 2 rings (SSSR count). The van der Waals surface area contributed by atoms with Crippen molar-refractivity contribution in [2.24, 2.45) is 0 Å². The summed E-state index contributed by atoms with van der Waals surface area (Å²) in [6.07, 6.45) is 1.18. The second kappa shape index (κ2) is 8.89. The largest absolute Gasteiger partial charge is 0.618 e. The van der Waals surface area contributed by atoms with E-state index in [-0.39, 0.29) is 31.2 Å². The summed E-state index contributed by atoms with van der Waals surface area (Å²) in [5.74, 6) is -1.21. The van der Waals surface area contributed by atoms with Gasteiger partial charge in [-0.15, -0.1) is 0 Å². The van der Waals surface area contributed by atoms with Gasteiger partial charge in [-0.3, -0.25) is 9.59 Å². The van der Waals surface area contributed by atoms with Gasteiger partial charge in [-0.25, -0.2) is 0 Å². The van der Waals surface area contributed by atoms with E-state index in [4.69, 9.17) is 21.1 Å². The molecule has 0 aliphatic rings. The summed E-state index contributed by atoms with van der Waals surface area (Å²) < 4.78 is 10.7. The molecule has 0 radical (unpaired) electrons. The fraction of sp³-hybridized carbons (Fsp3) is 0.235. The lowest BCUT2D eigenvalue weighted by Crippen LogP contribution is -2.41. The smallest absolute Gasteiger partial charge is 0.325 e. The van der Waals surface area contributed by atoms with Gasteiger partial charge in [-0.1, -0.05) is 23.7 Å². The number of carbonyl (C=O) groups is 2. The molecule has 1 heterocycles. The van der Waals surface area contributed by atoms with Gasteiger partial charge in [0.05, 0.1) is 6.61 Å². The topological polar surface area (TPSA) is 91.6 Å². The predicted octanol–water partition coefficient (Wildman–Crippen LogP) is 1.85. The van der Waals surface area contributed by atoms with Crippen molar-refractivity contribution in [1.29, 1.82) is 0 Å². The van der Waals surface area contributed by atoms with E-state index in [1.807, 2.05) is 0 Å². The van der Waals surface area contributed by atoms with E-state index in [0.717, 1.165) is 5.56 Å². The van der Waals surface area contributed by atoms with Gasteiger partial charge in [-0.05, 0) is 30.7 Å². The normalized spacial score (nSPS) is 10.2. The Kier molecular flexibility index (Phi) is 6.59. The maximum Gasteiger partial charge on any atom is 0.325 e. The van der Waals surface area contributed by atoms with Crippen LogP contribution in [-0.2, 0) is 16.1 Å². The van der Waals surface area contributed by atoms with Crippen LogP contribution in [0.2, 0.25) is 5.02 Å². The van der Waals surface area contributed by atoms with E-state index >= 15 is 0 Å². The lowest BCUT2D eigenvalue weighted by atomic mass is 10.2. The van der Waals surface area contributed by atoms with E-state index in [9.17, 15) is 14.8 Å². The van der Waals surface area contributed by atoms with Crippen LogP contribution < -0.4 is 14.8 Å². The molecule has 0 atom stereocenters. The summed E-state index contributed by atoms with van der Waals surface area (Å²) in [7, 11) is 0. The number of hydrogen-bond acceptors (Lipinski definition) is 5. The van der Waals surface area contributed by atoms with Crippen molar-refractivity contribution >= 4 is 23.5 Å². The zero-order chi connectivity index (χ0) is 18.2. The van der Waals surface area contributed by atoms with E-state index < -0.39 is 11.9 Å². The van der Waals surface area contributed by atoms with Crippen molar-refractivity contribution in [2.75, 3.05) is 13.2 Å². The summed E-state index contributed by atoms with van der Waals surface area (Å²) in [6.45, 7) is 1.68. The molecular formula is C17H17ClN2O5. The molecule has 2 aromatic rings. The summed E-state index contributed by atoms with van der Waals surface area (Å²) in [5.41, 5.74) is 0.587. The minimum atomic E-state index is -0.727. The third-order valence-corrected chi connectivity index (χ3v) is 3.40. The van der Waals surface area contributed by atoms with Crippen molar-refractivity contribution < 1.29 is 23.8 Å². The average molecular weight is 365 g/mol. The molecule has 0 unspecified atom stereocenters. The van der Waals surface area contributed by atoms with Crippen LogP contribution >= 0.6 is 11.6 Å². The third-order valence-electron chi connectivity index (χ3n) is 3.14. The highest BCUT2D eigenvalue weighted by atomic mass is 35.5. The Hall–Kier alpha value is -2.80. The van der Waals surface area contributed by atoms with Gasteiger partial charge in [0.1, 0.15) is 13.2 Å². The first kappa shape index (κ1) is 18.5. The fourth-order valence-corrected chi connectivity index (χ4v) is 2.12. The second-order valence-corrected chi connectivity index (χ2v) is 5.39. The van der Waals surface area contributed by atoms with Gasteiger partial charge in [0.2, 0.25) is 0 Å². The summed E-state index contributed by atoms with van der Waals surface area (Å²) >= 11 is 5.82. The van der Waals surface area contributed by atoms with Crippen molar-refractivity contribution in [1.82, 2.24) is 5.32 Å². The van der Waals surface area contributed by atoms with Crippen LogP contribution in [0, 0.1) is 5.21 Å². The first-order valence-electron chi connectivity index (χ1n) is 7.54. The number of hydrogen-bond donors (Lipinski definition) is 1. The van der Waals surface area contributed by atoms with Crippen molar-refractivity contribution in [3.63, 3.8) is 0 Å². The number of nitrogens with one attached hydrogen (secondary N) is 1. The zero-order valence-corrected chi connectivity index (χ0v) is 14.3. The first-order valence-corrected chi connectivity index (χ1v) is 7.92. The van der Waals surface area contributed by atoms with Gasteiger partial charge in [-0.2, -0.15) is 4.73 Å². The van der Waals surface area contributed by atoms with Crippen LogP contribution in [0.1, 0.15) is 23.0 Å². The standard InChI is InChI=1S/C17H17ClN2O5/c1-2-24-15(21)10-19-17(22)16-14(4-3-9-20(16)23)25-11-12-5-7-13(18)8-6-12/h3-9H,2,10-11H2,1H3,(H,19,22). The summed E-state index contributed by atoms with van der Waals surface area (Å²) in [4.78, 5) is 23.5. The van der Waals surface area contributed by atoms with Crippen molar-refractivity contribution in [3.05, 3.63) is 64.1 Å². The highest BCUT2D eigenvalue weighted by molar-refractivity contribution is 6.30. The van der Waals surface area contributed by atoms with Crippen LogP contribution in [0.5, 0.6) is 5.75 Å². The molecule has 0 saturated heterocycles. The molecule has 1 N–H and O–H groups in total. The van der Waals surface area contributed by atoms with Gasteiger partial charge in [0, 0.05) is 11.1 Å². The number of ether oxygens (including phenoxy) is 2. The fourth-order valence-electron chi connectivity index (χ4n) is 1.99. The van der Waals surface area contributed by atoms with Gasteiger partial charge < -0.3 is 20.0 Å². The molecule has 7 nitrogen and oxygen atoms in total. The molecule has 0 saturated carbocycles. The summed E-state index contributed by atoms with van der Waals surface area (Å²) in [6, 6.07) is 9.95. The Bertz CT molecular complexity index is 749. The predicted molar refractivity (Wildman–Crippen MR) is 90.2 cm³/mol. The highest BCUT2D eigenvalue weighted by Gasteiger charge is 2.23. The molecule has 8 heteroatoms. The first-order chi connectivity index (χ1) is 12.0. The number of aromatic nitrogens is 1. The number of amides is 1. The van der Waals surface area contributed by atoms with Gasteiger partial charge in [0.15, 0.2) is 11.9 Å². The molecule has 0 fully saturated rings. The van der Waals surface area contributed by atoms with E-state index in [0.29, 0.717) is 9.75 Å². The van der Waals surface area contributed by atoms with E-state index in [2.05, 4.69) is 5.32 Å². The van der Waals surface area contributed by atoms with Crippen LogP contribution in [-0.4, -0.2) is 25.0 Å². The third kappa shape index (κ3) is 5.36. The number of carbonyl (C=O) groups excluding carboxylic acids is 2. The Labute approximate surface area is 149 Å². The Morgan fingerprint density at radius 2 is 1.96 bits per heavy atom. The molecule has 132 valence electrons. The zero-order valence-electron chi connectivity index (χ0n) is 13.5.